The van der Waals surface area contributed by atoms with Crippen molar-refractivity contribution < 1.29 is 24.2 Å². The summed E-state index contributed by atoms with van der Waals surface area (Å²) in [6.07, 6.45) is 2.96. The van der Waals surface area contributed by atoms with Crippen LogP contribution in [0.25, 0.3) is 22.0 Å². The van der Waals surface area contributed by atoms with Gasteiger partial charge in [0.2, 0.25) is 5.88 Å². The number of carbonyl (C=O) groups is 2. The van der Waals surface area contributed by atoms with Crippen LogP contribution in [-0.4, -0.2) is 46.2 Å². The van der Waals surface area contributed by atoms with Crippen LogP contribution in [0.2, 0.25) is 0 Å². The van der Waals surface area contributed by atoms with Crippen LogP contribution in [0.1, 0.15) is 20.7 Å². The van der Waals surface area contributed by atoms with Crippen LogP contribution < -0.4 is 25.8 Å². The van der Waals surface area contributed by atoms with Gasteiger partial charge in [-0.25, -0.2) is 9.78 Å². The van der Waals surface area contributed by atoms with Crippen LogP contribution in [0.15, 0.2) is 79.1 Å². The molecule has 0 aliphatic heterocycles. The molecule has 0 radical (unpaired) electrons. The summed E-state index contributed by atoms with van der Waals surface area (Å²) < 4.78 is 10.5. The van der Waals surface area contributed by atoms with E-state index < -0.39 is 11.9 Å². The van der Waals surface area contributed by atoms with E-state index >= 15 is 0 Å². The molecule has 1 amide bonds. The van der Waals surface area contributed by atoms with Crippen molar-refractivity contribution in [2.24, 2.45) is 5.73 Å². The van der Waals surface area contributed by atoms with Crippen molar-refractivity contribution in [3.63, 3.8) is 0 Å². The lowest BCUT2D eigenvalue weighted by Gasteiger charge is -2.16. The average molecular weight is 537 g/mol. The average Bonchev–Trinajstić information content (AvgIpc) is 2.96. The van der Waals surface area contributed by atoms with E-state index in [9.17, 15) is 14.7 Å². The van der Waals surface area contributed by atoms with Crippen molar-refractivity contribution >= 4 is 45.5 Å². The number of methoxy groups -OCH3 is 2. The van der Waals surface area contributed by atoms with E-state index in [1.54, 1.807) is 24.4 Å². The fourth-order valence-corrected chi connectivity index (χ4v) is 4.21. The van der Waals surface area contributed by atoms with Crippen molar-refractivity contribution in [3.8, 4) is 23.0 Å². The predicted octanol–water partition coefficient (Wildman–Crippen LogP) is 4.99. The number of carboxylic acid groups (broad SMARTS) is 1. The summed E-state index contributed by atoms with van der Waals surface area (Å²) >= 11 is 0. The van der Waals surface area contributed by atoms with Crippen molar-refractivity contribution in [3.05, 3.63) is 90.3 Å². The van der Waals surface area contributed by atoms with E-state index in [2.05, 4.69) is 25.6 Å². The summed E-state index contributed by atoms with van der Waals surface area (Å²) in [5, 5.41) is 16.7. The van der Waals surface area contributed by atoms with E-state index in [1.807, 2.05) is 36.4 Å². The molecule has 0 unspecified atom stereocenters. The number of aromatic carboxylic acids is 1. The van der Waals surface area contributed by atoms with Crippen LogP contribution in [0, 0.1) is 0 Å². The molecule has 0 aliphatic carbocycles. The number of carbonyl (C=O) groups excluding carboxylic acids is 1. The fraction of sp³-hybridized carbons (Fsp3) is 0.0690. The van der Waals surface area contributed by atoms with Gasteiger partial charge in [0, 0.05) is 34.8 Å². The lowest BCUT2D eigenvalue weighted by atomic mass is 10.0. The molecule has 0 bridgehead atoms. The second-order valence-corrected chi connectivity index (χ2v) is 8.64. The van der Waals surface area contributed by atoms with E-state index in [0.29, 0.717) is 39.4 Å². The molecule has 3 aromatic carbocycles. The maximum Gasteiger partial charge on any atom is 0.335 e. The normalized spacial score (nSPS) is 10.7. The van der Waals surface area contributed by atoms with Crippen LogP contribution in [0.3, 0.4) is 0 Å². The van der Waals surface area contributed by atoms with Gasteiger partial charge in [-0.15, -0.1) is 0 Å². The molecule has 0 atom stereocenters. The number of hydrogen-bond donors (Lipinski definition) is 4. The van der Waals surface area contributed by atoms with Crippen molar-refractivity contribution in [2.75, 3.05) is 24.9 Å². The molecule has 0 spiro atoms. The molecular weight excluding hydrogens is 512 g/mol. The Labute approximate surface area is 228 Å². The van der Waals surface area contributed by atoms with Gasteiger partial charge in [0.1, 0.15) is 0 Å². The summed E-state index contributed by atoms with van der Waals surface area (Å²) in [4.78, 5) is 37.1. The Balaban J connectivity index is 1.59. The maximum absolute atomic E-state index is 12.4. The zero-order chi connectivity index (χ0) is 28.2. The highest BCUT2D eigenvalue weighted by molar-refractivity contribution is 6.08. The third kappa shape index (κ3) is 5.29. The molecule has 11 nitrogen and oxygen atoms in total. The summed E-state index contributed by atoms with van der Waals surface area (Å²) in [6, 6.07) is 19.6. The number of amides is 1. The first-order valence-corrected chi connectivity index (χ1v) is 12.0. The number of benzene rings is 3. The number of ether oxygens (including phenoxy) is 2. The topological polar surface area (TPSA) is 162 Å². The number of anilines is 4. The minimum atomic E-state index is -1.10. The van der Waals surface area contributed by atoms with Crippen LogP contribution in [-0.2, 0) is 0 Å². The molecule has 5 aromatic rings. The van der Waals surface area contributed by atoms with Gasteiger partial charge in [-0.2, -0.15) is 4.98 Å². The monoisotopic (exact) mass is 536 g/mol. The highest BCUT2D eigenvalue weighted by Crippen LogP contribution is 2.35. The third-order valence-electron chi connectivity index (χ3n) is 6.06. The summed E-state index contributed by atoms with van der Waals surface area (Å²) in [5.41, 5.74) is 9.91. The molecule has 5 rings (SSSR count). The number of para-hydroxylation sites is 1. The number of pyridine rings is 1. The van der Waals surface area contributed by atoms with Gasteiger partial charge in [-0.1, -0.05) is 30.3 Å². The quantitative estimate of drug-likeness (QED) is 0.202. The highest BCUT2D eigenvalue weighted by atomic mass is 16.5. The predicted molar refractivity (Wildman–Crippen MR) is 151 cm³/mol. The summed E-state index contributed by atoms with van der Waals surface area (Å²) in [7, 11) is 2.96. The Bertz CT molecular complexity index is 1740. The summed E-state index contributed by atoms with van der Waals surface area (Å²) in [5.74, 6) is -1.47. The Morgan fingerprint density at radius 1 is 0.850 bits per heavy atom. The molecule has 11 heteroatoms. The Morgan fingerprint density at radius 2 is 1.60 bits per heavy atom. The molecule has 5 N–H and O–H groups in total. The molecular formula is C29H24N6O5. The standard InChI is InChI=1S/C29H24N6O5/c1-39-27-22(14-32-29(35-27)40-2)16-8-9-21-24(12-16)31-15-23(26(30)36)25(21)34-20-11-17(28(37)38)10-19(13-20)33-18-6-4-3-5-7-18/h3-15,33H,1-2H3,(H2,30,36)(H,31,34)(H,37,38). The number of hydrogen-bond acceptors (Lipinski definition) is 9. The first kappa shape index (κ1) is 25.9. The number of aromatic nitrogens is 3. The number of fused-ring (bicyclic) bond motifs is 1. The largest absolute Gasteiger partial charge is 0.480 e. The van der Waals surface area contributed by atoms with Crippen LogP contribution in [0.5, 0.6) is 11.9 Å². The minimum Gasteiger partial charge on any atom is -0.480 e. The van der Waals surface area contributed by atoms with Crippen molar-refractivity contribution in [1.29, 1.82) is 0 Å². The SMILES string of the molecule is COc1ncc(-c2ccc3c(Nc4cc(Nc5ccccc5)cc(C(=O)O)c4)c(C(N)=O)cnc3c2)c(OC)n1. The maximum atomic E-state index is 12.4. The fourth-order valence-electron chi connectivity index (χ4n) is 4.21. The Kier molecular flexibility index (Phi) is 7.10. The smallest absolute Gasteiger partial charge is 0.335 e. The van der Waals surface area contributed by atoms with Gasteiger partial charge in [-0.3, -0.25) is 9.78 Å². The van der Waals surface area contributed by atoms with E-state index in [-0.39, 0.29) is 17.1 Å². The molecule has 40 heavy (non-hydrogen) atoms. The lowest BCUT2D eigenvalue weighted by molar-refractivity contribution is 0.0696. The number of nitrogens with zero attached hydrogens (tertiary/aromatic N) is 3. The number of rotatable bonds is 9. The van der Waals surface area contributed by atoms with Crippen LogP contribution in [0.4, 0.5) is 22.7 Å². The molecule has 2 aromatic heterocycles. The van der Waals surface area contributed by atoms with Gasteiger partial charge in [-0.05, 0) is 42.0 Å². The zero-order valence-electron chi connectivity index (χ0n) is 21.5. The minimum absolute atomic E-state index is 0.0521. The molecule has 0 aliphatic rings. The van der Waals surface area contributed by atoms with E-state index in [4.69, 9.17) is 15.2 Å². The number of nitrogens with one attached hydrogen (secondary N) is 2. The third-order valence-corrected chi connectivity index (χ3v) is 6.06. The van der Waals surface area contributed by atoms with E-state index in [1.165, 1.54) is 32.5 Å². The number of carboxylic acids is 1. The molecule has 0 saturated carbocycles. The second kappa shape index (κ2) is 11.0. The Hall–Kier alpha value is -5.71. The highest BCUT2D eigenvalue weighted by Gasteiger charge is 2.17. The number of primary amides is 1. The molecule has 0 saturated heterocycles. The van der Waals surface area contributed by atoms with Gasteiger partial charge in [0.25, 0.3) is 5.91 Å². The molecule has 200 valence electrons. The first-order chi connectivity index (χ1) is 19.4. The van der Waals surface area contributed by atoms with Gasteiger partial charge >= 0.3 is 12.0 Å². The van der Waals surface area contributed by atoms with Crippen LogP contribution >= 0.6 is 0 Å². The second-order valence-electron chi connectivity index (χ2n) is 8.64. The first-order valence-electron chi connectivity index (χ1n) is 12.0. The zero-order valence-corrected chi connectivity index (χ0v) is 21.5. The van der Waals surface area contributed by atoms with Gasteiger partial charge < -0.3 is 30.9 Å². The van der Waals surface area contributed by atoms with E-state index in [0.717, 1.165) is 11.3 Å². The molecule has 0 fully saturated rings. The lowest BCUT2D eigenvalue weighted by Crippen LogP contribution is -2.14. The van der Waals surface area contributed by atoms with Gasteiger partial charge in [0.05, 0.1) is 42.1 Å². The number of nitrogens with two attached hydrogens (primary N) is 1. The van der Waals surface area contributed by atoms with Crippen molar-refractivity contribution in [1.82, 2.24) is 15.0 Å². The van der Waals surface area contributed by atoms with Gasteiger partial charge in [0.15, 0.2) is 0 Å². The Morgan fingerprint density at radius 3 is 2.27 bits per heavy atom. The summed E-state index contributed by atoms with van der Waals surface area (Å²) in [6.45, 7) is 0. The molecule has 2 heterocycles. The van der Waals surface area contributed by atoms with Crippen molar-refractivity contribution in [2.45, 2.75) is 0 Å².